The number of rotatable bonds is 4. The molecule has 1 saturated heterocycles. The molecule has 0 atom stereocenters. The predicted molar refractivity (Wildman–Crippen MR) is 103 cm³/mol. The van der Waals surface area contributed by atoms with E-state index in [-0.39, 0.29) is 11.8 Å². The molecule has 134 valence electrons. The predicted octanol–water partition coefficient (Wildman–Crippen LogP) is 3.87. The summed E-state index contributed by atoms with van der Waals surface area (Å²) < 4.78 is 0. The van der Waals surface area contributed by atoms with Crippen LogP contribution in [0.1, 0.15) is 42.4 Å². The molecular weight excluding hydrogens is 324 g/mol. The van der Waals surface area contributed by atoms with Gasteiger partial charge in [0.1, 0.15) is 0 Å². The van der Waals surface area contributed by atoms with Crippen LogP contribution in [0.2, 0.25) is 0 Å². The Kier molecular flexibility index (Phi) is 4.74. The number of hydrogen-bond donors (Lipinski definition) is 1. The highest BCUT2D eigenvalue weighted by Gasteiger charge is 2.24. The third kappa shape index (κ3) is 3.50. The molecule has 2 aliphatic rings. The van der Waals surface area contributed by atoms with E-state index in [0.717, 1.165) is 37.1 Å². The molecule has 2 aromatic rings. The summed E-state index contributed by atoms with van der Waals surface area (Å²) in [6.45, 7) is 0.719. The first-order valence-corrected chi connectivity index (χ1v) is 9.50. The first-order valence-electron chi connectivity index (χ1n) is 9.50. The zero-order chi connectivity index (χ0) is 17.9. The van der Waals surface area contributed by atoms with E-state index < -0.39 is 0 Å². The molecule has 0 spiro atoms. The average Bonchev–Trinajstić information content (AvgIpc) is 3.08. The molecule has 2 aromatic carbocycles. The summed E-state index contributed by atoms with van der Waals surface area (Å²) in [4.78, 5) is 26.4. The highest BCUT2D eigenvalue weighted by atomic mass is 16.2. The van der Waals surface area contributed by atoms with E-state index in [4.69, 9.17) is 0 Å². The van der Waals surface area contributed by atoms with Crippen molar-refractivity contribution in [1.29, 1.82) is 0 Å². The van der Waals surface area contributed by atoms with E-state index in [2.05, 4.69) is 23.5 Å². The van der Waals surface area contributed by atoms with Gasteiger partial charge >= 0.3 is 0 Å². The molecule has 1 N–H and O–H groups in total. The van der Waals surface area contributed by atoms with Gasteiger partial charge in [0.25, 0.3) is 0 Å². The molecule has 0 saturated carbocycles. The Morgan fingerprint density at radius 3 is 2.58 bits per heavy atom. The molecule has 0 aromatic heterocycles. The highest BCUT2D eigenvalue weighted by molar-refractivity contribution is 6.02. The Labute approximate surface area is 154 Å². The Bertz CT molecular complexity index is 844. The highest BCUT2D eigenvalue weighted by Crippen LogP contribution is 2.29. The largest absolute Gasteiger partial charge is 0.324 e. The van der Waals surface area contributed by atoms with Crippen LogP contribution in [-0.2, 0) is 28.9 Å². The molecule has 1 aliphatic carbocycles. The van der Waals surface area contributed by atoms with E-state index in [1.807, 2.05) is 24.3 Å². The van der Waals surface area contributed by atoms with Crippen molar-refractivity contribution >= 4 is 23.2 Å². The van der Waals surface area contributed by atoms with Gasteiger partial charge in [0.05, 0.1) is 17.8 Å². The molecule has 4 nitrogen and oxygen atoms in total. The quantitative estimate of drug-likeness (QED) is 0.912. The first kappa shape index (κ1) is 16.8. The maximum absolute atomic E-state index is 12.6. The Morgan fingerprint density at radius 2 is 1.77 bits per heavy atom. The Hall–Kier alpha value is -2.62. The van der Waals surface area contributed by atoms with E-state index in [1.54, 1.807) is 4.90 Å². The van der Waals surface area contributed by atoms with Gasteiger partial charge in [0, 0.05) is 13.0 Å². The van der Waals surface area contributed by atoms with Crippen molar-refractivity contribution in [3.05, 3.63) is 59.2 Å². The van der Waals surface area contributed by atoms with Gasteiger partial charge in [0.15, 0.2) is 0 Å². The molecule has 4 heteroatoms. The normalized spacial score (nSPS) is 16.5. The van der Waals surface area contributed by atoms with Crippen molar-refractivity contribution in [2.24, 2.45) is 0 Å². The van der Waals surface area contributed by atoms with Crippen LogP contribution in [0.4, 0.5) is 11.4 Å². The molecule has 2 amide bonds. The molecule has 1 heterocycles. The summed E-state index contributed by atoms with van der Waals surface area (Å²) in [6.07, 6.45) is 6.58. The van der Waals surface area contributed by atoms with Crippen LogP contribution < -0.4 is 10.2 Å². The maximum Gasteiger partial charge on any atom is 0.228 e. The van der Waals surface area contributed by atoms with Crippen molar-refractivity contribution in [2.45, 2.75) is 44.9 Å². The maximum atomic E-state index is 12.6. The Morgan fingerprint density at radius 1 is 0.962 bits per heavy atom. The lowest BCUT2D eigenvalue weighted by atomic mass is 9.90. The summed E-state index contributed by atoms with van der Waals surface area (Å²) in [7, 11) is 0. The monoisotopic (exact) mass is 348 g/mol. The molecule has 0 radical (unpaired) electrons. The second-order valence-electron chi connectivity index (χ2n) is 7.20. The van der Waals surface area contributed by atoms with Crippen LogP contribution in [0, 0.1) is 0 Å². The van der Waals surface area contributed by atoms with E-state index >= 15 is 0 Å². The minimum absolute atomic E-state index is 0.0418. The third-order valence-corrected chi connectivity index (χ3v) is 5.32. The zero-order valence-corrected chi connectivity index (χ0v) is 15.0. The number of nitrogens with zero attached hydrogens (tertiary/aromatic N) is 1. The van der Waals surface area contributed by atoms with Gasteiger partial charge in [-0.15, -0.1) is 0 Å². The molecule has 4 rings (SSSR count). The molecule has 1 aliphatic heterocycles. The second-order valence-corrected chi connectivity index (χ2v) is 7.20. The van der Waals surface area contributed by atoms with Crippen LogP contribution in [-0.4, -0.2) is 18.4 Å². The minimum Gasteiger partial charge on any atom is -0.324 e. The third-order valence-electron chi connectivity index (χ3n) is 5.32. The van der Waals surface area contributed by atoms with Gasteiger partial charge in [-0.1, -0.05) is 30.3 Å². The fourth-order valence-corrected chi connectivity index (χ4v) is 3.99. The van der Waals surface area contributed by atoms with Crippen LogP contribution >= 0.6 is 0 Å². The average molecular weight is 348 g/mol. The molecule has 26 heavy (non-hydrogen) atoms. The smallest absolute Gasteiger partial charge is 0.228 e. The number of hydrogen-bond acceptors (Lipinski definition) is 2. The number of anilines is 2. The van der Waals surface area contributed by atoms with Crippen molar-refractivity contribution in [2.75, 3.05) is 16.8 Å². The van der Waals surface area contributed by atoms with Gasteiger partial charge in [-0.25, -0.2) is 0 Å². The van der Waals surface area contributed by atoms with Crippen LogP contribution in [0.3, 0.4) is 0 Å². The van der Waals surface area contributed by atoms with Crippen molar-refractivity contribution in [3.63, 3.8) is 0 Å². The summed E-state index contributed by atoms with van der Waals surface area (Å²) in [5.74, 6) is 0.0845. The number of fused-ring (bicyclic) bond motifs is 1. The summed E-state index contributed by atoms with van der Waals surface area (Å²) >= 11 is 0. The minimum atomic E-state index is -0.0418. The zero-order valence-electron chi connectivity index (χ0n) is 15.0. The molecule has 0 unspecified atom stereocenters. The van der Waals surface area contributed by atoms with Crippen molar-refractivity contribution < 1.29 is 9.59 Å². The summed E-state index contributed by atoms with van der Waals surface area (Å²) in [5, 5.41) is 3.00. The van der Waals surface area contributed by atoms with Crippen LogP contribution in [0.5, 0.6) is 0 Å². The van der Waals surface area contributed by atoms with Gasteiger partial charge in [-0.2, -0.15) is 0 Å². The van der Waals surface area contributed by atoms with Gasteiger partial charge in [-0.3, -0.25) is 9.59 Å². The van der Waals surface area contributed by atoms with E-state index in [9.17, 15) is 9.59 Å². The fourth-order valence-electron chi connectivity index (χ4n) is 3.99. The second kappa shape index (κ2) is 7.32. The lowest BCUT2D eigenvalue weighted by Gasteiger charge is -2.20. The van der Waals surface area contributed by atoms with Gasteiger partial charge < -0.3 is 10.2 Å². The number of amides is 2. The number of nitrogens with one attached hydrogen (secondary N) is 1. The van der Waals surface area contributed by atoms with Gasteiger partial charge in [-0.05, 0) is 60.9 Å². The number of benzene rings is 2. The Balaban J connectivity index is 1.48. The molecule has 0 bridgehead atoms. The van der Waals surface area contributed by atoms with Gasteiger partial charge in [0.2, 0.25) is 11.8 Å². The standard InChI is InChI=1S/C22H24N2O2/c25-21(15-16-11-12-17-6-1-2-7-18(17)14-16)23-19-8-3-4-9-20(19)24-13-5-10-22(24)26/h3-4,8-9,11-12,14H,1-2,5-7,10,13,15H2,(H,23,25). The van der Waals surface area contributed by atoms with E-state index in [1.165, 1.54) is 24.0 Å². The lowest BCUT2D eigenvalue weighted by molar-refractivity contribution is -0.117. The SMILES string of the molecule is O=C(Cc1ccc2c(c1)CCCC2)Nc1ccccc1N1CCCC1=O. The number of carbonyl (C=O) groups excluding carboxylic acids is 2. The van der Waals surface area contributed by atoms with Crippen LogP contribution in [0.25, 0.3) is 0 Å². The van der Waals surface area contributed by atoms with Crippen molar-refractivity contribution in [3.8, 4) is 0 Å². The number of carbonyl (C=O) groups is 2. The lowest BCUT2D eigenvalue weighted by Crippen LogP contribution is -2.26. The summed E-state index contributed by atoms with van der Waals surface area (Å²) in [6, 6.07) is 14.0. The number of para-hydroxylation sites is 2. The van der Waals surface area contributed by atoms with Crippen LogP contribution in [0.15, 0.2) is 42.5 Å². The molecule has 1 fully saturated rings. The first-order chi connectivity index (χ1) is 12.7. The summed E-state index contributed by atoms with van der Waals surface area (Å²) in [5.41, 5.74) is 5.39. The van der Waals surface area contributed by atoms with Crippen molar-refractivity contribution in [1.82, 2.24) is 0 Å². The topological polar surface area (TPSA) is 49.4 Å². The number of aryl methyl sites for hydroxylation is 2. The fraction of sp³-hybridized carbons (Fsp3) is 0.364. The van der Waals surface area contributed by atoms with E-state index in [0.29, 0.717) is 18.5 Å². The molecular formula is C22H24N2O2.